The van der Waals surface area contributed by atoms with Gasteiger partial charge in [0, 0.05) is 34.8 Å². The van der Waals surface area contributed by atoms with Gasteiger partial charge < -0.3 is 4.57 Å². The summed E-state index contributed by atoms with van der Waals surface area (Å²) in [7, 11) is -4.13. The van der Waals surface area contributed by atoms with E-state index in [0.717, 1.165) is 0 Å². The quantitative estimate of drug-likeness (QED) is 0.413. The molecule has 10 heteroatoms. The van der Waals surface area contributed by atoms with Crippen molar-refractivity contribution in [3.05, 3.63) is 59.5 Å². The molecule has 0 radical (unpaired) electrons. The van der Waals surface area contributed by atoms with Gasteiger partial charge in [0.1, 0.15) is 11.9 Å². The predicted octanol–water partition coefficient (Wildman–Crippen LogP) is 6.05. The number of nitrogens with one attached hydrogen (secondary N) is 1. The van der Waals surface area contributed by atoms with Gasteiger partial charge in [-0.3, -0.25) is 0 Å². The minimum Gasteiger partial charge on any atom is -0.347 e. The Bertz CT molecular complexity index is 1430. The second-order valence-corrected chi connectivity index (χ2v) is 12.1. The van der Waals surface area contributed by atoms with Crippen LogP contribution in [0, 0.1) is 22.6 Å². The van der Waals surface area contributed by atoms with Crippen molar-refractivity contribution in [3.63, 3.8) is 0 Å². The van der Waals surface area contributed by atoms with Gasteiger partial charge in [-0.1, -0.05) is 32.9 Å². The van der Waals surface area contributed by atoms with Crippen molar-refractivity contribution in [3.8, 4) is 17.2 Å². The molecule has 1 saturated carbocycles. The normalized spacial score (nSPS) is 15.8. The lowest BCUT2D eigenvalue weighted by Gasteiger charge is -2.22. The van der Waals surface area contributed by atoms with Crippen LogP contribution in [-0.4, -0.2) is 24.4 Å². The molecule has 1 aliphatic rings. The maximum Gasteiger partial charge on any atom is 0.408 e. The molecule has 1 aliphatic carbocycles. The first kappa shape index (κ1) is 25.2. The summed E-state index contributed by atoms with van der Waals surface area (Å²) in [5.41, 5.74) is 0.937. The zero-order valence-electron chi connectivity index (χ0n) is 19.4. The summed E-state index contributed by atoms with van der Waals surface area (Å²) in [5, 5.41) is 8.87. The Balaban J connectivity index is 1.92. The largest absolute Gasteiger partial charge is 0.408 e. The molecule has 3 aromatic rings. The third-order valence-electron chi connectivity index (χ3n) is 5.85. The molecule has 186 valence electrons. The number of nitrogens with zero attached hydrogens (tertiary/aromatic N) is 2. The number of nitriles is 1. The highest BCUT2D eigenvalue weighted by molar-refractivity contribution is 7.90. The smallest absolute Gasteiger partial charge is 0.347 e. The molecule has 5 nitrogen and oxygen atoms in total. The van der Waals surface area contributed by atoms with Gasteiger partial charge in [0.2, 0.25) is 10.0 Å². The van der Waals surface area contributed by atoms with Crippen LogP contribution < -0.4 is 4.72 Å². The number of benzene rings is 2. The summed E-state index contributed by atoms with van der Waals surface area (Å²) >= 11 is 0. The van der Waals surface area contributed by atoms with Crippen molar-refractivity contribution >= 4 is 20.9 Å². The summed E-state index contributed by atoms with van der Waals surface area (Å²) < 4.78 is 84.9. The van der Waals surface area contributed by atoms with Crippen LogP contribution in [0.2, 0.25) is 0 Å². The van der Waals surface area contributed by atoms with Crippen LogP contribution >= 0.6 is 0 Å². The fourth-order valence-electron chi connectivity index (χ4n) is 4.16. The summed E-state index contributed by atoms with van der Waals surface area (Å²) in [6.45, 7) is 6.14. The van der Waals surface area contributed by atoms with E-state index < -0.39 is 33.3 Å². The van der Waals surface area contributed by atoms with Crippen molar-refractivity contribution in [2.45, 2.75) is 57.6 Å². The minimum absolute atomic E-state index is 0.202. The maximum atomic E-state index is 14.2. The van der Waals surface area contributed by atoms with E-state index in [1.807, 2.05) is 31.6 Å². The number of hydrogen-bond donors (Lipinski definition) is 1. The van der Waals surface area contributed by atoms with Crippen molar-refractivity contribution < 1.29 is 26.0 Å². The van der Waals surface area contributed by atoms with Crippen LogP contribution in [0.1, 0.15) is 50.8 Å². The molecule has 0 saturated heterocycles. The third-order valence-corrected chi connectivity index (χ3v) is 7.77. The van der Waals surface area contributed by atoms with E-state index >= 15 is 0 Å². The Hall–Kier alpha value is -2.90. The summed E-state index contributed by atoms with van der Waals surface area (Å²) in [6.07, 6.45) is -2.85. The van der Waals surface area contributed by atoms with Gasteiger partial charge in [-0.2, -0.15) is 23.2 Å². The first-order valence-corrected chi connectivity index (χ1v) is 12.6. The van der Waals surface area contributed by atoms with Crippen molar-refractivity contribution in [1.82, 2.24) is 9.29 Å². The molecule has 0 spiro atoms. The SMILES string of the molecule is CC(C)(C)Cn1cc(C(NS(=O)(=O)C2CC2)C(F)(F)F)c2ccc(-c3cc(F)ccc3C#N)cc21. The molecule has 2 aromatic carbocycles. The van der Waals surface area contributed by atoms with Gasteiger partial charge >= 0.3 is 6.18 Å². The number of aromatic nitrogens is 1. The van der Waals surface area contributed by atoms with Crippen LogP contribution in [0.3, 0.4) is 0 Å². The van der Waals surface area contributed by atoms with Gasteiger partial charge in [-0.15, -0.1) is 0 Å². The summed E-state index contributed by atoms with van der Waals surface area (Å²) in [4.78, 5) is 0. The fourth-order valence-corrected chi connectivity index (χ4v) is 5.70. The highest BCUT2D eigenvalue weighted by Crippen LogP contribution is 2.41. The number of rotatable bonds is 6. The first-order valence-electron chi connectivity index (χ1n) is 11.1. The highest BCUT2D eigenvalue weighted by atomic mass is 32.2. The fraction of sp³-hybridized carbons (Fsp3) is 0.400. The Morgan fingerprint density at radius 1 is 1.14 bits per heavy atom. The molecule has 1 aromatic heterocycles. The zero-order valence-corrected chi connectivity index (χ0v) is 20.3. The van der Waals surface area contributed by atoms with E-state index in [1.54, 1.807) is 10.6 Å². The monoisotopic (exact) mass is 507 g/mol. The van der Waals surface area contributed by atoms with E-state index in [-0.39, 0.29) is 21.9 Å². The average molecular weight is 508 g/mol. The van der Waals surface area contributed by atoms with Crippen LogP contribution in [0.15, 0.2) is 42.6 Å². The van der Waals surface area contributed by atoms with Crippen LogP contribution in [0.4, 0.5) is 17.6 Å². The molecule has 1 atom stereocenters. The van der Waals surface area contributed by atoms with Gasteiger partial charge in [0.05, 0.1) is 16.9 Å². The van der Waals surface area contributed by atoms with Crippen LogP contribution in [-0.2, 0) is 16.6 Å². The molecular weight excluding hydrogens is 482 g/mol. The molecule has 0 bridgehead atoms. The second-order valence-electron chi connectivity index (χ2n) is 10.1. The van der Waals surface area contributed by atoms with Crippen LogP contribution in [0.5, 0.6) is 0 Å². The number of halogens is 4. The van der Waals surface area contributed by atoms with Crippen molar-refractivity contribution in [2.24, 2.45) is 5.41 Å². The number of fused-ring (bicyclic) bond motifs is 1. The van der Waals surface area contributed by atoms with Crippen molar-refractivity contribution in [2.75, 3.05) is 0 Å². The highest BCUT2D eigenvalue weighted by Gasteiger charge is 2.47. The summed E-state index contributed by atoms with van der Waals surface area (Å²) in [5.74, 6) is -0.545. The molecule has 0 aliphatic heterocycles. The molecular formula is C25H25F4N3O2S. The predicted molar refractivity (Wildman–Crippen MR) is 125 cm³/mol. The Morgan fingerprint density at radius 3 is 2.40 bits per heavy atom. The lowest BCUT2D eigenvalue weighted by molar-refractivity contribution is -0.152. The summed E-state index contributed by atoms with van der Waals surface area (Å²) in [6, 6.07) is 7.92. The molecule has 1 unspecified atom stereocenters. The van der Waals surface area contributed by atoms with E-state index in [4.69, 9.17) is 0 Å². The van der Waals surface area contributed by atoms with Gasteiger partial charge in [0.15, 0.2) is 0 Å². The zero-order chi connectivity index (χ0) is 25.8. The lowest BCUT2D eigenvalue weighted by atomic mass is 9.96. The average Bonchev–Trinajstić information content (AvgIpc) is 3.55. The van der Waals surface area contributed by atoms with Crippen molar-refractivity contribution in [1.29, 1.82) is 5.26 Å². The molecule has 0 amide bonds. The number of alkyl halides is 3. The Labute approximate surface area is 201 Å². The topological polar surface area (TPSA) is 74.9 Å². The third kappa shape index (κ3) is 5.36. The van der Waals surface area contributed by atoms with E-state index in [0.29, 0.717) is 36.0 Å². The van der Waals surface area contributed by atoms with E-state index in [9.17, 15) is 31.2 Å². The minimum atomic E-state index is -4.86. The van der Waals surface area contributed by atoms with E-state index in [2.05, 4.69) is 0 Å². The van der Waals surface area contributed by atoms with E-state index in [1.165, 1.54) is 36.5 Å². The number of sulfonamides is 1. The standard InChI is InChI=1S/C25H25F4N3O2S/c1-24(2,3)14-32-13-21(23(25(27,28)29)31-35(33,34)18-7-8-18)19-9-5-15(10-22(19)32)20-11-17(26)6-4-16(20)12-30/h4-6,9-11,13,18,23,31H,7-8,14H2,1-3H3. The second kappa shape index (κ2) is 8.64. The number of hydrogen-bond acceptors (Lipinski definition) is 3. The first-order chi connectivity index (χ1) is 16.2. The van der Waals surface area contributed by atoms with Gasteiger partial charge in [0.25, 0.3) is 0 Å². The lowest BCUT2D eigenvalue weighted by Crippen LogP contribution is -2.39. The molecule has 1 N–H and O–H groups in total. The molecule has 4 rings (SSSR count). The Kier molecular flexibility index (Phi) is 6.22. The van der Waals surface area contributed by atoms with Gasteiger partial charge in [-0.05, 0) is 48.1 Å². The molecule has 35 heavy (non-hydrogen) atoms. The Morgan fingerprint density at radius 2 is 1.83 bits per heavy atom. The molecule has 1 heterocycles. The maximum absolute atomic E-state index is 14.2. The van der Waals surface area contributed by atoms with Gasteiger partial charge in [-0.25, -0.2) is 12.8 Å². The molecule has 1 fully saturated rings. The van der Waals surface area contributed by atoms with Crippen LogP contribution in [0.25, 0.3) is 22.0 Å².